The molecule has 0 radical (unpaired) electrons. The Hall–Kier alpha value is -3.11. The molecule has 4 heteroatoms. The van der Waals surface area contributed by atoms with Gasteiger partial charge >= 0.3 is 0 Å². The zero-order chi connectivity index (χ0) is 21.3. The fraction of sp³-hybridized carbons (Fsp3) is 0.296. The molecule has 0 bridgehead atoms. The van der Waals surface area contributed by atoms with Gasteiger partial charge in [-0.3, -0.25) is 9.69 Å². The Morgan fingerprint density at radius 3 is 2.39 bits per heavy atom. The fourth-order valence-electron chi connectivity index (χ4n) is 3.97. The maximum Gasteiger partial charge on any atom is 0.251 e. The van der Waals surface area contributed by atoms with E-state index in [1.807, 2.05) is 48.5 Å². The first-order valence-corrected chi connectivity index (χ1v) is 11.1. The molecule has 0 unspecified atom stereocenters. The Kier molecular flexibility index (Phi) is 7.35. The van der Waals surface area contributed by atoms with Gasteiger partial charge in [-0.25, -0.2) is 0 Å². The van der Waals surface area contributed by atoms with Crippen molar-refractivity contribution in [2.75, 3.05) is 13.1 Å². The van der Waals surface area contributed by atoms with Crippen molar-refractivity contribution in [2.24, 2.45) is 0 Å². The second-order valence-corrected chi connectivity index (χ2v) is 8.14. The van der Waals surface area contributed by atoms with Gasteiger partial charge in [0.05, 0.1) is 0 Å². The lowest BCUT2D eigenvalue weighted by Gasteiger charge is -2.26. The monoisotopic (exact) mass is 414 g/mol. The van der Waals surface area contributed by atoms with Crippen LogP contribution in [0.5, 0.6) is 5.75 Å². The number of ether oxygens (including phenoxy) is 1. The molecule has 4 nitrogen and oxygen atoms in total. The maximum atomic E-state index is 12.7. The third kappa shape index (κ3) is 6.43. The van der Waals surface area contributed by atoms with Crippen LogP contribution < -0.4 is 10.1 Å². The highest BCUT2D eigenvalue weighted by Gasteiger charge is 2.11. The molecule has 0 saturated carbocycles. The Balaban J connectivity index is 1.31. The predicted octanol–water partition coefficient (Wildman–Crippen LogP) is 5.18. The van der Waals surface area contributed by atoms with Crippen LogP contribution >= 0.6 is 0 Å². The van der Waals surface area contributed by atoms with Crippen LogP contribution in [0.2, 0.25) is 0 Å². The van der Waals surface area contributed by atoms with E-state index in [0.717, 1.165) is 17.7 Å². The van der Waals surface area contributed by atoms with Crippen molar-refractivity contribution in [2.45, 2.75) is 39.0 Å². The lowest BCUT2D eigenvalue weighted by molar-refractivity contribution is 0.0950. The van der Waals surface area contributed by atoms with Crippen LogP contribution in [0, 0.1) is 0 Å². The Labute approximate surface area is 184 Å². The number of rotatable bonds is 8. The number of benzene rings is 3. The van der Waals surface area contributed by atoms with Gasteiger partial charge in [0.15, 0.2) is 0 Å². The number of carbonyl (C=O) groups excluding carboxylic acids is 1. The van der Waals surface area contributed by atoms with Gasteiger partial charge < -0.3 is 10.1 Å². The molecule has 160 valence electrons. The number of carbonyl (C=O) groups is 1. The van der Waals surface area contributed by atoms with E-state index < -0.39 is 0 Å². The minimum Gasteiger partial charge on any atom is -0.489 e. The van der Waals surface area contributed by atoms with Gasteiger partial charge in [0.1, 0.15) is 12.4 Å². The molecular weight excluding hydrogens is 384 g/mol. The van der Waals surface area contributed by atoms with Gasteiger partial charge in [-0.15, -0.1) is 0 Å². The van der Waals surface area contributed by atoms with Crippen LogP contribution in [0.4, 0.5) is 0 Å². The Morgan fingerprint density at radius 2 is 1.55 bits per heavy atom. The molecule has 4 rings (SSSR count). The summed E-state index contributed by atoms with van der Waals surface area (Å²) >= 11 is 0. The molecule has 1 aliphatic heterocycles. The van der Waals surface area contributed by atoms with Crippen LogP contribution in [0.25, 0.3) is 0 Å². The minimum atomic E-state index is -0.0911. The Bertz CT molecular complexity index is 981. The number of amides is 1. The summed E-state index contributed by atoms with van der Waals surface area (Å²) in [5.41, 5.74) is 4.14. The second-order valence-electron chi connectivity index (χ2n) is 8.14. The average Bonchev–Trinajstić information content (AvgIpc) is 2.83. The summed E-state index contributed by atoms with van der Waals surface area (Å²) in [4.78, 5) is 15.2. The fourth-order valence-corrected chi connectivity index (χ4v) is 3.97. The van der Waals surface area contributed by atoms with E-state index in [0.29, 0.717) is 24.5 Å². The van der Waals surface area contributed by atoms with Crippen molar-refractivity contribution in [1.82, 2.24) is 10.2 Å². The van der Waals surface area contributed by atoms with E-state index in [2.05, 4.69) is 34.5 Å². The van der Waals surface area contributed by atoms with Gasteiger partial charge in [-0.2, -0.15) is 0 Å². The van der Waals surface area contributed by atoms with Crippen LogP contribution in [0.15, 0.2) is 78.9 Å². The standard InChI is InChI=1S/C27H30N2O2/c30-27(25-13-8-14-26(18-25)31-21-22-9-3-1-4-10-22)28-19-23-11-7-12-24(17-23)20-29-15-5-2-6-16-29/h1,3-4,7-14,17-18H,2,5-6,15-16,19-21H2,(H,28,30). The number of piperidine rings is 1. The van der Waals surface area contributed by atoms with Crippen molar-refractivity contribution >= 4 is 5.91 Å². The number of nitrogens with one attached hydrogen (secondary N) is 1. The molecule has 0 atom stereocenters. The normalized spacial score (nSPS) is 14.2. The largest absolute Gasteiger partial charge is 0.489 e. The van der Waals surface area contributed by atoms with E-state index in [1.54, 1.807) is 6.07 Å². The third-order valence-electron chi connectivity index (χ3n) is 5.64. The smallest absolute Gasteiger partial charge is 0.251 e. The van der Waals surface area contributed by atoms with Crippen molar-refractivity contribution < 1.29 is 9.53 Å². The summed E-state index contributed by atoms with van der Waals surface area (Å²) < 4.78 is 5.85. The summed E-state index contributed by atoms with van der Waals surface area (Å²) in [7, 11) is 0. The van der Waals surface area contributed by atoms with E-state index in [9.17, 15) is 4.79 Å². The van der Waals surface area contributed by atoms with Crippen molar-refractivity contribution in [1.29, 1.82) is 0 Å². The number of nitrogens with zero attached hydrogens (tertiary/aromatic N) is 1. The zero-order valence-corrected chi connectivity index (χ0v) is 17.9. The molecule has 3 aromatic rings. The molecule has 1 heterocycles. The van der Waals surface area contributed by atoms with Crippen LogP contribution in [-0.4, -0.2) is 23.9 Å². The van der Waals surface area contributed by atoms with Gasteiger partial charge in [-0.05, 0) is 60.8 Å². The number of hydrogen-bond donors (Lipinski definition) is 1. The van der Waals surface area contributed by atoms with E-state index in [-0.39, 0.29) is 5.91 Å². The van der Waals surface area contributed by atoms with E-state index in [4.69, 9.17) is 4.74 Å². The van der Waals surface area contributed by atoms with E-state index in [1.165, 1.54) is 37.9 Å². The molecule has 3 aromatic carbocycles. The molecule has 1 aliphatic rings. The highest BCUT2D eigenvalue weighted by molar-refractivity contribution is 5.94. The van der Waals surface area contributed by atoms with Crippen molar-refractivity contribution in [3.63, 3.8) is 0 Å². The van der Waals surface area contributed by atoms with Gasteiger partial charge in [0.2, 0.25) is 0 Å². The van der Waals surface area contributed by atoms with Crippen molar-refractivity contribution in [3.8, 4) is 5.75 Å². The predicted molar refractivity (Wildman–Crippen MR) is 124 cm³/mol. The molecule has 1 amide bonds. The summed E-state index contributed by atoms with van der Waals surface area (Å²) in [5.74, 6) is 0.603. The number of likely N-dealkylation sites (tertiary alicyclic amines) is 1. The first-order valence-electron chi connectivity index (χ1n) is 11.1. The molecule has 1 saturated heterocycles. The minimum absolute atomic E-state index is 0.0911. The van der Waals surface area contributed by atoms with Crippen LogP contribution in [-0.2, 0) is 19.7 Å². The maximum absolute atomic E-state index is 12.7. The summed E-state index contributed by atoms with van der Waals surface area (Å²) in [6, 6.07) is 25.9. The van der Waals surface area contributed by atoms with Crippen molar-refractivity contribution in [3.05, 3.63) is 101 Å². The molecule has 0 aromatic heterocycles. The molecule has 0 spiro atoms. The second kappa shape index (κ2) is 10.8. The molecular formula is C27H30N2O2. The Morgan fingerprint density at radius 1 is 0.806 bits per heavy atom. The summed E-state index contributed by atoms with van der Waals surface area (Å²) in [6.07, 6.45) is 3.94. The summed E-state index contributed by atoms with van der Waals surface area (Å²) in [5, 5.41) is 3.04. The lowest BCUT2D eigenvalue weighted by atomic mass is 10.1. The highest BCUT2D eigenvalue weighted by atomic mass is 16.5. The zero-order valence-electron chi connectivity index (χ0n) is 17.9. The van der Waals surface area contributed by atoms with Crippen LogP contribution in [0.1, 0.15) is 46.3 Å². The average molecular weight is 415 g/mol. The lowest BCUT2D eigenvalue weighted by Crippen LogP contribution is -2.29. The number of hydrogen-bond acceptors (Lipinski definition) is 3. The molecule has 31 heavy (non-hydrogen) atoms. The first-order chi connectivity index (χ1) is 15.3. The first kappa shape index (κ1) is 21.1. The van der Waals surface area contributed by atoms with Crippen LogP contribution in [0.3, 0.4) is 0 Å². The summed E-state index contributed by atoms with van der Waals surface area (Å²) in [6.45, 7) is 4.35. The highest BCUT2D eigenvalue weighted by Crippen LogP contribution is 2.16. The molecule has 1 fully saturated rings. The van der Waals surface area contributed by atoms with Gasteiger partial charge in [0.25, 0.3) is 5.91 Å². The third-order valence-corrected chi connectivity index (χ3v) is 5.64. The molecule has 1 N–H and O–H groups in total. The quantitative estimate of drug-likeness (QED) is 0.552. The SMILES string of the molecule is O=C(NCc1cccc(CN2CCCCC2)c1)c1cccc(OCc2ccccc2)c1. The van der Waals surface area contributed by atoms with Gasteiger partial charge in [-0.1, -0.05) is 67.1 Å². The van der Waals surface area contributed by atoms with Gasteiger partial charge in [0, 0.05) is 18.7 Å². The van der Waals surface area contributed by atoms with E-state index >= 15 is 0 Å². The topological polar surface area (TPSA) is 41.6 Å². The molecule has 0 aliphatic carbocycles.